The third-order valence-corrected chi connectivity index (χ3v) is 2.91. The van der Waals surface area contributed by atoms with E-state index in [4.69, 9.17) is 0 Å². The molecule has 2 heterocycles. The highest BCUT2D eigenvalue weighted by atomic mass is 79.9. The van der Waals surface area contributed by atoms with Crippen molar-refractivity contribution in [2.45, 2.75) is 13.5 Å². The van der Waals surface area contributed by atoms with Gasteiger partial charge in [-0.2, -0.15) is 5.10 Å². The van der Waals surface area contributed by atoms with Crippen molar-refractivity contribution in [3.8, 4) is 0 Å². The van der Waals surface area contributed by atoms with Crippen LogP contribution in [0.2, 0.25) is 0 Å². The van der Waals surface area contributed by atoms with Crippen LogP contribution in [0.4, 0.5) is 5.82 Å². The van der Waals surface area contributed by atoms with Crippen LogP contribution in [0, 0.1) is 6.92 Å². The van der Waals surface area contributed by atoms with Gasteiger partial charge in [-0.1, -0.05) is 0 Å². The van der Waals surface area contributed by atoms with Crippen LogP contribution < -0.4 is 10.9 Å². The Morgan fingerprint density at radius 3 is 3.06 bits per heavy atom. The van der Waals surface area contributed by atoms with E-state index in [2.05, 4.69) is 41.4 Å². The molecule has 16 heavy (non-hydrogen) atoms. The van der Waals surface area contributed by atoms with Crippen molar-refractivity contribution in [1.29, 1.82) is 0 Å². The van der Waals surface area contributed by atoms with E-state index in [1.807, 2.05) is 6.92 Å². The fourth-order valence-corrected chi connectivity index (χ4v) is 1.60. The summed E-state index contributed by atoms with van der Waals surface area (Å²) in [6, 6.07) is 0. The zero-order valence-corrected chi connectivity index (χ0v) is 10.1. The standard InChI is InChI=1S/C9H10BrN5O/c1-5-6(3-14-15-5)2-11-8-7(10)9(16)13-4-12-8/h3-4H,2H2,1H3,(H,14,15)(H2,11,12,13,16). The highest BCUT2D eigenvalue weighted by Gasteiger charge is 2.06. The van der Waals surface area contributed by atoms with Crippen LogP contribution in [0.3, 0.4) is 0 Å². The summed E-state index contributed by atoms with van der Waals surface area (Å²) in [5, 5.41) is 9.81. The second-order valence-electron chi connectivity index (χ2n) is 3.27. The Morgan fingerprint density at radius 1 is 1.56 bits per heavy atom. The van der Waals surface area contributed by atoms with Crippen molar-refractivity contribution in [3.63, 3.8) is 0 Å². The van der Waals surface area contributed by atoms with Crippen molar-refractivity contribution in [3.05, 3.63) is 38.6 Å². The molecule has 2 rings (SSSR count). The maximum Gasteiger partial charge on any atom is 0.267 e. The lowest BCUT2D eigenvalue weighted by Crippen LogP contribution is -2.12. The molecule has 0 aliphatic carbocycles. The quantitative estimate of drug-likeness (QED) is 0.789. The first-order chi connectivity index (χ1) is 7.68. The molecular weight excluding hydrogens is 274 g/mol. The number of hydrogen-bond donors (Lipinski definition) is 3. The summed E-state index contributed by atoms with van der Waals surface area (Å²) in [7, 11) is 0. The van der Waals surface area contributed by atoms with E-state index in [1.165, 1.54) is 6.33 Å². The summed E-state index contributed by atoms with van der Waals surface area (Å²) in [6.45, 7) is 2.50. The molecule has 0 aliphatic heterocycles. The van der Waals surface area contributed by atoms with Gasteiger partial charge in [-0.25, -0.2) is 4.98 Å². The summed E-state index contributed by atoms with van der Waals surface area (Å²) >= 11 is 3.17. The van der Waals surface area contributed by atoms with Crippen LogP contribution in [-0.2, 0) is 6.54 Å². The topological polar surface area (TPSA) is 86.5 Å². The molecular formula is C9H10BrN5O. The number of nitrogens with one attached hydrogen (secondary N) is 3. The first kappa shape index (κ1) is 10.9. The van der Waals surface area contributed by atoms with Crippen molar-refractivity contribution in [2.24, 2.45) is 0 Å². The largest absolute Gasteiger partial charge is 0.365 e. The number of anilines is 1. The van der Waals surface area contributed by atoms with Crippen LogP contribution in [0.25, 0.3) is 0 Å². The zero-order valence-electron chi connectivity index (χ0n) is 8.54. The van der Waals surface area contributed by atoms with E-state index in [1.54, 1.807) is 6.20 Å². The fraction of sp³-hybridized carbons (Fsp3) is 0.222. The molecule has 2 aromatic heterocycles. The van der Waals surface area contributed by atoms with Gasteiger partial charge in [-0.05, 0) is 22.9 Å². The molecule has 0 unspecified atom stereocenters. The Hall–Kier alpha value is -1.63. The maximum absolute atomic E-state index is 11.3. The van der Waals surface area contributed by atoms with Crippen LogP contribution in [0.1, 0.15) is 11.3 Å². The predicted octanol–water partition coefficient (Wildman–Crippen LogP) is 1.18. The van der Waals surface area contributed by atoms with E-state index < -0.39 is 0 Å². The molecule has 0 saturated heterocycles. The maximum atomic E-state index is 11.3. The van der Waals surface area contributed by atoms with Gasteiger partial charge in [0.25, 0.3) is 5.56 Å². The number of aromatic amines is 2. The molecule has 0 aliphatic rings. The van der Waals surface area contributed by atoms with E-state index in [0.717, 1.165) is 11.3 Å². The third-order valence-electron chi connectivity index (χ3n) is 2.18. The Balaban J connectivity index is 2.14. The van der Waals surface area contributed by atoms with Gasteiger partial charge in [0.1, 0.15) is 10.3 Å². The summed E-state index contributed by atoms with van der Waals surface area (Å²) < 4.78 is 0.399. The number of aryl methyl sites for hydroxylation is 1. The lowest BCUT2D eigenvalue weighted by atomic mass is 10.2. The molecule has 0 saturated carbocycles. The summed E-state index contributed by atoms with van der Waals surface area (Å²) in [5.41, 5.74) is 1.82. The van der Waals surface area contributed by atoms with Crippen molar-refractivity contribution in [2.75, 3.05) is 5.32 Å². The Morgan fingerprint density at radius 2 is 2.38 bits per heavy atom. The highest BCUT2D eigenvalue weighted by Crippen LogP contribution is 2.14. The summed E-state index contributed by atoms with van der Waals surface area (Å²) in [5.74, 6) is 0.518. The first-order valence-electron chi connectivity index (χ1n) is 4.64. The number of halogens is 1. The van der Waals surface area contributed by atoms with Gasteiger partial charge in [0.2, 0.25) is 0 Å². The van der Waals surface area contributed by atoms with Gasteiger partial charge >= 0.3 is 0 Å². The number of aromatic nitrogens is 4. The number of nitrogens with zero attached hydrogens (tertiary/aromatic N) is 2. The van der Waals surface area contributed by atoms with Gasteiger partial charge in [-0.15, -0.1) is 0 Å². The minimum absolute atomic E-state index is 0.207. The van der Waals surface area contributed by atoms with Crippen molar-refractivity contribution < 1.29 is 0 Å². The third kappa shape index (κ3) is 2.13. The van der Waals surface area contributed by atoms with Gasteiger partial charge in [0, 0.05) is 17.8 Å². The van der Waals surface area contributed by atoms with Gasteiger partial charge < -0.3 is 10.3 Å². The second kappa shape index (κ2) is 4.48. The van der Waals surface area contributed by atoms with Gasteiger partial charge in [0.05, 0.1) is 12.5 Å². The number of H-pyrrole nitrogens is 2. The second-order valence-corrected chi connectivity index (χ2v) is 4.06. The first-order valence-corrected chi connectivity index (χ1v) is 5.43. The van der Waals surface area contributed by atoms with Gasteiger partial charge in [-0.3, -0.25) is 9.89 Å². The molecule has 0 atom stereocenters. The summed E-state index contributed by atoms with van der Waals surface area (Å²) in [6.07, 6.45) is 3.10. The molecule has 2 aromatic rings. The average molecular weight is 284 g/mol. The smallest absolute Gasteiger partial charge is 0.267 e. The molecule has 6 nitrogen and oxygen atoms in total. The Bertz CT molecular complexity index is 547. The SMILES string of the molecule is Cc1[nH]ncc1CNc1nc[nH]c(=O)c1Br. The molecule has 0 aromatic carbocycles. The van der Waals surface area contributed by atoms with Crippen molar-refractivity contribution >= 4 is 21.7 Å². The van der Waals surface area contributed by atoms with E-state index in [-0.39, 0.29) is 5.56 Å². The van der Waals surface area contributed by atoms with Gasteiger partial charge in [0.15, 0.2) is 0 Å². The minimum atomic E-state index is -0.207. The lowest BCUT2D eigenvalue weighted by molar-refractivity contribution is 1.03. The average Bonchev–Trinajstić information content (AvgIpc) is 2.67. The zero-order chi connectivity index (χ0) is 11.5. The van der Waals surface area contributed by atoms with Crippen molar-refractivity contribution in [1.82, 2.24) is 20.2 Å². The monoisotopic (exact) mass is 283 g/mol. The number of rotatable bonds is 3. The number of hydrogen-bond acceptors (Lipinski definition) is 4. The Labute approximate surface area is 99.6 Å². The minimum Gasteiger partial charge on any atom is -0.365 e. The highest BCUT2D eigenvalue weighted by molar-refractivity contribution is 9.10. The lowest BCUT2D eigenvalue weighted by Gasteiger charge is -2.05. The van der Waals surface area contributed by atoms with Crippen LogP contribution >= 0.6 is 15.9 Å². The molecule has 0 amide bonds. The molecule has 84 valence electrons. The molecule has 7 heteroatoms. The van der Waals surface area contributed by atoms with Crippen LogP contribution in [0.5, 0.6) is 0 Å². The van der Waals surface area contributed by atoms with Crippen LogP contribution in [-0.4, -0.2) is 20.2 Å². The molecule has 3 N–H and O–H groups in total. The van der Waals surface area contributed by atoms with Crippen LogP contribution in [0.15, 0.2) is 21.8 Å². The fourth-order valence-electron chi connectivity index (χ4n) is 1.24. The molecule has 0 spiro atoms. The van der Waals surface area contributed by atoms with E-state index in [0.29, 0.717) is 16.8 Å². The summed E-state index contributed by atoms with van der Waals surface area (Å²) in [4.78, 5) is 17.8. The van der Waals surface area contributed by atoms with E-state index in [9.17, 15) is 4.79 Å². The predicted molar refractivity (Wildman–Crippen MR) is 63.2 cm³/mol. The van der Waals surface area contributed by atoms with E-state index >= 15 is 0 Å². The molecule has 0 radical (unpaired) electrons. The molecule has 0 fully saturated rings. The Kier molecular flexibility index (Phi) is 3.04. The normalized spacial score (nSPS) is 10.4. The molecule has 0 bridgehead atoms.